The third-order valence-electron chi connectivity index (χ3n) is 4.97. The van der Waals surface area contributed by atoms with Gasteiger partial charge in [0.2, 0.25) is 0 Å². The Morgan fingerprint density at radius 1 is 0.652 bits per heavy atom. The average Bonchev–Trinajstić information content (AvgIpc) is 3.06. The van der Waals surface area contributed by atoms with Crippen LogP contribution in [0.3, 0.4) is 0 Å². The fourth-order valence-corrected chi connectivity index (χ4v) is 3.87. The molecule has 0 atom stereocenters. The summed E-state index contributed by atoms with van der Waals surface area (Å²) >= 11 is 0. The van der Waals surface area contributed by atoms with Crippen LogP contribution in [0.25, 0.3) is 27.7 Å². The van der Waals surface area contributed by atoms with Crippen molar-refractivity contribution in [2.24, 2.45) is 0 Å². The maximum Gasteiger partial charge on any atom is 0.0531 e. The molecule has 1 aromatic heterocycles. The van der Waals surface area contributed by atoms with E-state index in [9.17, 15) is 0 Å². The van der Waals surface area contributed by atoms with Gasteiger partial charge in [-0.05, 0) is 59.4 Å². The van der Waals surface area contributed by atoms with Crippen molar-refractivity contribution in [2.75, 3.05) is 0 Å². The summed E-state index contributed by atoms with van der Waals surface area (Å²) in [6.07, 6.45) is 4.46. The van der Waals surface area contributed by atoms with Crippen LogP contribution in [0, 0.1) is 0 Å². The largest absolute Gasteiger partial charge is 0.317 e. The second-order valence-electron chi connectivity index (χ2n) is 6.20. The molecule has 0 aliphatic heterocycles. The molecule has 5 rings (SSSR count). The first-order valence-electron chi connectivity index (χ1n) is 8.18. The lowest BCUT2D eigenvalue weighted by molar-refractivity contribution is 0.951. The van der Waals surface area contributed by atoms with E-state index in [1.54, 1.807) is 0 Å². The average molecular weight is 295 g/mol. The first kappa shape index (κ1) is 12.7. The molecule has 0 bridgehead atoms. The summed E-state index contributed by atoms with van der Waals surface area (Å²) in [4.78, 5) is 0. The minimum atomic E-state index is 1.13. The molecule has 0 saturated carbocycles. The SMILES string of the molecule is c1ccc(-n2ccc3c4c(ccc32)-c2ccccc2CC4)cc1. The Morgan fingerprint density at radius 2 is 1.48 bits per heavy atom. The molecule has 1 heterocycles. The highest BCUT2D eigenvalue weighted by Gasteiger charge is 2.18. The fraction of sp³-hybridized carbons (Fsp3) is 0.0909. The van der Waals surface area contributed by atoms with Gasteiger partial charge < -0.3 is 4.57 Å². The van der Waals surface area contributed by atoms with E-state index in [0.29, 0.717) is 0 Å². The summed E-state index contributed by atoms with van der Waals surface area (Å²) in [5.74, 6) is 0. The van der Waals surface area contributed by atoms with Gasteiger partial charge in [-0.15, -0.1) is 0 Å². The Labute approximate surface area is 135 Å². The molecule has 0 spiro atoms. The lowest BCUT2D eigenvalue weighted by atomic mass is 9.84. The van der Waals surface area contributed by atoms with Gasteiger partial charge in [0.25, 0.3) is 0 Å². The van der Waals surface area contributed by atoms with Crippen molar-refractivity contribution in [3.8, 4) is 16.8 Å². The Morgan fingerprint density at radius 3 is 2.39 bits per heavy atom. The van der Waals surface area contributed by atoms with Crippen molar-refractivity contribution < 1.29 is 0 Å². The second-order valence-corrected chi connectivity index (χ2v) is 6.20. The van der Waals surface area contributed by atoms with Crippen LogP contribution >= 0.6 is 0 Å². The van der Waals surface area contributed by atoms with E-state index >= 15 is 0 Å². The van der Waals surface area contributed by atoms with E-state index < -0.39 is 0 Å². The molecule has 3 aromatic carbocycles. The number of fused-ring (bicyclic) bond motifs is 5. The summed E-state index contributed by atoms with van der Waals surface area (Å²) in [6, 6.07) is 26.2. The zero-order chi connectivity index (χ0) is 15.2. The lowest BCUT2D eigenvalue weighted by Gasteiger charge is -2.20. The minimum Gasteiger partial charge on any atom is -0.317 e. The van der Waals surface area contributed by atoms with Crippen LogP contribution in [0.5, 0.6) is 0 Å². The van der Waals surface area contributed by atoms with E-state index in [4.69, 9.17) is 0 Å². The highest BCUT2D eigenvalue weighted by atomic mass is 15.0. The van der Waals surface area contributed by atoms with E-state index in [-0.39, 0.29) is 0 Å². The highest BCUT2D eigenvalue weighted by Crippen LogP contribution is 2.38. The molecule has 0 unspecified atom stereocenters. The van der Waals surface area contributed by atoms with Crippen molar-refractivity contribution in [1.29, 1.82) is 0 Å². The van der Waals surface area contributed by atoms with Gasteiger partial charge in [0, 0.05) is 17.3 Å². The van der Waals surface area contributed by atoms with E-state index in [0.717, 1.165) is 12.8 Å². The molecule has 23 heavy (non-hydrogen) atoms. The third kappa shape index (κ3) is 1.86. The normalized spacial score (nSPS) is 12.9. The van der Waals surface area contributed by atoms with Crippen LogP contribution in [0.4, 0.5) is 0 Å². The number of para-hydroxylation sites is 1. The number of benzene rings is 3. The molecule has 0 N–H and O–H groups in total. The first-order chi connectivity index (χ1) is 11.4. The lowest BCUT2D eigenvalue weighted by Crippen LogP contribution is -2.04. The molecule has 1 aliphatic carbocycles. The molecule has 0 saturated heterocycles. The molecule has 1 heteroatoms. The molecule has 1 aliphatic rings. The quantitative estimate of drug-likeness (QED) is 0.443. The van der Waals surface area contributed by atoms with Crippen LogP contribution in [-0.2, 0) is 12.8 Å². The van der Waals surface area contributed by atoms with Gasteiger partial charge in [0.15, 0.2) is 0 Å². The number of aryl methyl sites for hydroxylation is 2. The number of hydrogen-bond donors (Lipinski definition) is 0. The molecule has 0 amide bonds. The maximum absolute atomic E-state index is 2.30. The summed E-state index contributed by atoms with van der Waals surface area (Å²) < 4.78 is 2.29. The Balaban J connectivity index is 1.76. The predicted molar refractivity (Wildman–Crippen MR) is 96.1 cm³/mol. The number of aromatic nitrogens is 1. The second kappa shape index (κ2) is 4.85. The van der Waals surface area contributed by atoms with Gasteiger partial charge in [0.1, 0.15) is 0 Å². The van der Waals surface area contributed by atoms with Crippen molar-refractivity contribution in [3.05, 3.63) is 90.1 Å². The summed E-state index contributed by atoms with van der Waals surface area (Å²) in [7, 11) is 0. The van der Waals surface area contributed by atoms with E-state index in [1.807, 2.05) is 0 Å². The zero-order valence-corrected chi connectivity index (χ0v) is 12.9. The maximum atomic E-state index is 2.30. The smallest absolute Gasteiger partial charge is 0.0531 e. The summed E-state index contributed by atoms with van der Waals surface area (Å²) in [6.45, 7) is 0. The van der Waals surface area contributed by atoms with Crippen LogP contribution in [-0.4, -0.2) is 4.57 Å². The number of hydrogen-bond acceptors (Lipinski definition) is 0. The minimum absolute atomic E-state index is 1.13. The van der Waals surface area contributed by atoms with E-state index in [2.05, 4.69) is 83.6 Å². The molecule has 0 fully saturated rings. The number of nitrogens with zero attached hydrogens (tertiary/aromatic N) is 1. The van der Waals surface area contributed by atoms with Crippen LogP contribution in [0.1, 0.15) is 11.1 Å². The van der Waals surface area contributed by atoms with Crippen molar-refractivity contribution in [2.45, 2.75) is 12.8 Å². The van der Waals surface area contributed by atoms with Gasteiger partial charge in [0.05, 0.1) is 5.52 Å². The summed E-state index contributed by atoms with van der Waals surface area (Å²) in [5.41, 5.74) is 8.30. The van der Waals surface area contributed by atoms with Gasteiger partial charge in [-0.3, -0.25) is 0 Å². The standard InChI is InChI=1S/C22H17N/c1-2-7-17(8-3-1)23-15-14-21-20-11-10-16-6-4-5-9-18(16)19(20)12-13-22(21)23/h1-9,12-15H,10-11H2. The monoisotopic (exact) mass is 295 g/mol. The van der Waals surface area contributed by atoms with Gasteiger partial charge >= 0.3 is 0 Å². The van der Waals surface area contributed by atoms with Gasteiger partial charge in [-0.2, -0.15) is 0 Å². The Hall–Kier alpha value is -2.80. The Kier molecular flexibility index (Phi) is 2.68. The number of rotatable bonds is 1. The first-order valence-corrected chi connectivity index (χ1v) is 8.18. The molecule has 4 aromatic rings. The highest BCUT2D eigenvalue weighted by molar-refractivity contribution is 5.92. The summed E-state index contributed by atoms with van der Waals surface area (Å²) in [5, 5.41) is 1.39. The van der Waals surface area contributed by atoms with Crippen LogP contribution in [0.2, 0.25) is 0 Å². The molecule has 1 nitrogen and oxygen atoms in total. The molecule has 0 radical (unpaired) electrons. The van der Waals surface area contributed by atoms with Gasteiger partial charge in [-0.25, -0.2) is 0 Å². The fourth-order valence-electron chi connectivity index (χ4n) is 3.87. The Bertz CT molecular complexity index is 1010. The topological polar surface area (TPSA) is 4.93 Å². The van der Waals surface area contributed by atoms with Crippen molar-refractivity contribution in [3.63, 3.8) is 0 Å². The molecule has 110 valence electrons. The molecular weight excluding hydrogens is 278 g/mol. The van der Waals surface area contributed by atoms with E-state index in [1.165, 1.54) is 38.8 Å². The zero-order valence-electron chi connectivity index (χ0n) is 12.9. The van der Waals surface area contributed by atoms with Crippen molar-refractivity contribution in [1.82, 2.24) is 4.57 Å². The molecular formula is C22H17N. The van der Waals surface area contributed by atoms with Crippen LogP contribution in [0.15, 0.2) is 79.0 Å². The van der Waals surface area contributed by atoms with Crippen molar-refractivity contribution >= 4 is 10.9 Å². The van der Waals surface area contributed by atoms with Gasteiger partial charge in [-0.1, -0.05) is 48.5 Å². The third-order valence-corrected chi connectivity index (χ3v) is 4.97. The van der Waals surface area contributed by atoms with Crippen LogP contribution < -0.4 is 0 Å². The predicted octanol–water partition coefficient (Wildman–Crippen LogP) is 5.40.